The van der Waals surface area contributed by atoms with Crippen molar-refractivity contribution in [1.29, 1.82) is 5.39 Å². The predicted molar refractivity (Wildman–Crippen MR) is 340 cm³/mol. The standard InChI is InChI=1S/C24H18ClN3O2.C18H15ClNO5P.C17H10N2O2.C6H5N2.C2H6/c1-15-13-17(25)11-12-21(15)26-24(30)20-14-16-7-5-6-10-19(16)22(23(20)29)28-27-18-8-3-2-4-9-18;1-11-8-14(19)6-7-16(11)20-18(21)15-9-12-4-2-3-5-13(12)10-17(15)25-26(22,23)24;20-11-13-10-12-6-4-5-9-15(12)16(17(13)21)19-18-14-7-2-1-3-8-14;7-8-6-4-2-1-3-5-6;1-2/h2-14,29H,1H3,(H,26,30);2-10H,1H3,(H,20,21)(H2,22,23,24);1-10H;1-5H;1-2H3/q;;;+1;/p-1. The van der Waals surface area contributed by atoms with Crippen molar-refractivity contribution < 1.29 is 43.5 Å². The Labute approximate surface area is 510 Å². The van der Waals surface area contributed by atoms with E-state index in [4.69, 9.17) is 28.6 Å². The average Bonchev–Trinajstić information content (AvgIpc) is 2.21. The van der Waals surface area contributed by atoms with Crippen molar-refractivity contribution >= 4 is 121 Å². The van der Waals surface area contributed by atoms with Crippen molar-refractivity contribution in [3.63, 3.8) is 0 Å². The van der Waals surface area contributed by atoms with E-state index in [1.54, 1.807) is 110 Å². The molecule has 0 saturated carbocycles. The Balaban J connectivity index is 0.000000174. The normalized spacial score (nSPS) is 10.7. The van der Waals surface area contributed by atoms with E-state index in [0.29, 0.717) is 54.6 Å². The molecule has 0 aromatic heterocycles. The smallest absolute Gasteiger partial charge is 0.385 e. The number of phenols is 2. The number of carbonyl (C=O) groups is 2. The summed E-state index contributed by atoms with van der Waals surface area (Å²) in [6.07, 6.45) is 1.72. The van der Waals surface area contributed by atoms with Crippen LogP contribution >= 0.6 is 31.0 Å². The van der Waals surface area contributed by atoms with Gasteiger partial charge in [0.15, 0.2) is 16.4 Å². The number of hydrogen-bond acceptors (Lipinski definition) is 14. The molecule has 0 aliphatic rings. The number of anilines is 2. The van der Waals surface area contributed by atoms with E-state index in [1.165, 1.54) is 12.1 Å². The first-order valence-corrected chi connectivity index (χ1v) is 28.8. The molecule has 87 heavy (non-hydrogen) atoms. The molecule has 434 valence electrons. The molecule has 0 spiro atoms. The average molecular weight is 1220 g/mol. The second kappa shape index (κ2) is 30.9. The first-order chi connectivity index (χ1) is 42.0. The number of halogens is 2. The minimum Gasteiger partial charge on any atom is -0.780 e. The van der Waals surface area contributed by atoms with Crippen molar-refractivity contribution in [3.05, 3.63) is 267 Å². The number of nitrogens with zero attached hydrogens (tertiary/aromatic N) is 6. The minimum absolute atomic E-state index is 0.0648. The molecule has 0 saturated heterocycles. The fourth-order valence-electron chi connectivity index (χ4n) is 8.29. The molecular formula is C67H53Cl2N8O9P. The number of azo groups is 2. The monoisotopic (exact) mass is 1210 g/mol. The molecule has 11 aromatic rings. The minimum atomic E-state index is -5.33. The molecule has 0 heterocycles. The highest BCUT2D eigenvalue weighted by molar-refractivity contribution is 7.43. The van der Waals surface area contributed by atoms with Crippen molar-refractivity contribution in [2.75, 3.05) is 10.6 Å². The van der Waals surface area contributed by atoms with Gasteiger partial charge >= 0.3 is 12.0 Å². The molecule has 0 bridgehead atoms. The van der Waals surface area contributed by atoms with E-state index in [9.17, 15) is 38.9 Å². The highest BCUT2D eigenvalue weighted by atomic mass is 35.5. The molecule has 11 rings (SSSR count). The van der Waals surface area contributed by atoms with Crippen LogP contribution in [-0.4, -0.2) is 28.3 Å². The Morgan fingerprint density at radius 1 is 0.529 bits per heavy atom. The molecule has 0 atom stereocenters. The van der Waals surface area contributed by atoms with Crippen LogP contribution in [0.4, 0.5) is 39.8 Å². The van der Waals surface area contributed by atoms with E-state index in [0.717, 1.165) is 27.3 Å². The van der Waals surface area contributed by atoms with E-state index in [2.05, 4.69) is 40.6 Å². The van der Waals surface area contributed by atoms with Crippen LogP contribution in [0.25, 0.3) is 37.3 Å². The van der Waals surface area contributed by atoms with Crippen molar-refractivity contribution in [2.45, 2.75) is 27.7 Å². The number of amides is 2. The maximum absolute atomic E-state index is 13.0. The first kappa shape index (κ1) is 64.0. The molecule has 0 radical (unpaired) electrons. The zero-order chi connectivity index (χ0) is 62.5. The number of phosphoric ester groups is 1. The van der Waals surface area contributed by atoms with E-state index in [-0.39, 0.29) is 45.3 Å². The van der Waals surface area contributed by atoms with Crippen molar-refractivity contribution in [3.8, 4) is 17.2 Å². The number of rotatable bonds is 11. The summed E-state index contributed by atoms with van der Waals surface area (Å²) in [5, 5.41) is 56.8. The molecule has 0 fully saturated rings. The summed E-state index contributed by atoms with van der Waals surface area (Å²) in [4.78, 5) is 61.7. The molecule has 20 heteroatoms. The Morgan fingerprint density at radius 3 is 1.38 bits per heavy atom. The van der Waals surface area contributed by atoms with Crippen LogP contribution in [0, 0.1) is 19.2 Å². The fraction of sp³-hybridized carbons (Fsp3) is 0.0597. The maximum Gasteiger partial charge on any atom is 0.385 e. The van der Waals surface area contributed by atoms with Crippen LogP contribution < -0.4 is 24.9 Å². The van der Waals surface area contributed by atoms with Gasteiger partial charge in [-0.15, -0.1) is 20.1 Å². The SMILES string of the molecule is CC.Cc1cc(Cl)ccc1NC(=O)c1cc2ccccc2c(N=Nc2ccccc2)c1O.Cc1cc(Cl)ccc1NC(=O)c1cc2ccccc2cc1OP(=O)([O-])[O-].N#[N+]c1ccccc1.O=[C+]c1cc2ccccc2c(N=Nc2ccccc2)c1O. The molecule has 4 N–H and O–H groups in total. The number of fused-ring (bicyclic) bond motifs is 3. The molecular weight excluding hydrogens is 1160 g/mol. The van der Waals surface area contributed by atoms with Crippen LogP contribution in [0.3, 0.4) is 0 Å². The van der Waals surface area contributed by atoms with Gasteiger partial charge in [-0.2, -0.15) is 5.11 Å². The third-order valence-corrected chi connectivity index (χ3v) is 13.3. The summed E-state index contributed by atoms with van der Waals surface area (Å²) >= 11 is 11.9. The fourth-order valence-corrected chi connectivity index (χ4v) is 9.14. The Kier molecular flexibility index (Phi) is 22.7. The number of aryl methyl sites for hydroxylation is 2. The topological polar surface area (TPSA) is 266 Å². The Bertz CT molecular complexity index is 4400. The van der Waals surface area contributed by atoms with Crippen LogP contribution in [0.2, 0.25) is 10.0 Å². The maximum atomic E-state index is 13.0. The summed E-state index contributed by atoms with van der Waals surface area (Å²) in [5.74, 6) is -1.80. The summed E-state index contributed by atoms with van der Waals surface area (Å²) < 4.78 is 15.6. The molecule has 2 amide bonds. The second-order valence-electron chi connectivity index (χ2n) is 18.4. The lowest BCUT2D eigenvalue weighted by Gasteiger charge is -2.30. The largest absolute Gasteiger partial charge is 0.780 e. The van der Waals surface area contributed by atoms with Crippen molar-refractivity contribution in [1.82, 2.24) is 0 Å². The predicted octanol–water partition coefficient (Wildman–Crippen LogP) is 18.1. The third kappa shape index (κ3) is 17.8. The lowest BCUT2D eigenvalue weighted by atomic mass is 10.0. The number of phenolic OH excluding ortho intramolecular Hbond substituents is 2. The zero-order valence-corrected chi connectivity index (χ0v) is 49.4. The van der Waals surface area contributed by atoms with E-state index < -0.39 is 19.6 Å². The highest BCUT2D eigenvalue weighted by Gasteiger charge is 2.23. The van der Waals surface area contributed by atoms with Gasteiger partial charge in [-0.25, -0.2) is 0 Å². The van der Waals surface area contributed by atoms with Crippen LogP contribution in [0.1, 0.15) is 51.3 Å². The van der Waals surface area contributed by atoms with E-state index in [1.807, 2.05) is 136 Å². The van der Waals surface area contributed by atoms with Gasteiger partial charge < -0.3 is 39.7 Å². The number of benzene rings is 11. The first-order valence-electron chi connectivity index (χ1n) is 26.6. The molecule has 17 nitrogen and oxygen atoms in total. The number of nitrogens with one attached hydrogen (secondary N) is 2. The molecule has 0 aliphatic carbocycles. The number of phosphoric acid groups is 1. The highest BCUT2D eigenvalue weighted by Crippen LogP contribution is 2.41. The van der Waals surface area contributed by atoms with Crippen LogP contribution in [-0.2, 0) is 9.36 Å². The molecule has 0 unspecified atom stereocenters. The van der Waals surface area contributed by atoms with Gasteiger partial charge in [0.1, 0.15) is 19.3 Å². The molecule has 0 aliphatic heterocycles. The number of hydrogen-bond donors (Lipinski definition) is 4. The van der Waals surface area contributed by atoms with Crippen LogP contribution in [0.15, 0.2) is 245 Å². The lowest BCUT2D eigenvalue weighted by Crippen LogP contribution is -2.21. The van der Waals surface area contributed by atoms with E-state index >= 15 is 0 Å². The Hall–Kier alpha value is -10.5. The number of diazo groups is 1. The summed E-state index contributed by atoms with van der Waals surface area (Å²) in [6.45, 7) is 7.62. The summed E-state index contributed by atoms with van der Waals surface area (Å²) in [6, 6.07) is 65.3. The van der Waals surface area contributed by atoms with Gasteiger partial charge in [0, 0.05) is 49.7 Å². The van der Waals surface area contributed by atoms with Crippen LogP contribution in [0.5, 0.6) is 17.2 Å². The van der Waals surface area contributed by atoms with Gasteiger partial charge in [-0.3, -0.25) is 9.59 Å². The quantitative estimate of drug-likeness (QED) is 0.0412. The third-order valence-electron chi connectivity index (χ3n) is 12.4. The van der Waals surface area contributed by atoms with Gasteiger partial charge in [0.05, 0.1) is 28.6 Å². The zero-order valence-electron chi connectivity index (χ0n) is 47.0. The van der Waals surface area contributed by atoms with Gasteiger partial charge in [0.25, 0.3) is 23.1 Å². The van der Waals surface area contributed by atoms with Gasteiger partial charge in [-0.05, 0) is 132 Å². The van der Waals surface area contributed by atoms with Crippen molar-refractivity contribution in [2.24, 2.45) is 20.5 Å². The Morgan fingerprint density at radius 2 is 0.931 bits per heavy atom. The lowest BCUT2D eigenvalue weighted by molar-refractivity contribution is -0.333. The van der Waals surface area contributed by atoms with Gasteiger partial charge in [-0.1, -0.05) is 152 Å². The second-order valence-corrected chi connectivity index (χ2v) is 20.3. The number of aromatic hydroxyl groups is 2. The summed E-state index contributed by atoms with van der Waals surface area (Å²) in [5.41, 5.74) is 5.22. The van der Waals surface area contributed by atoms with Gasteiger partial charge in [0.2, 0.25) is 5.39 Å². The number of carbonyl (C=O) groups excluding carboxylic acids is 3. The summed E-state index contributed by atoms with van der Waals surface area (Å²) in [7, 11) is -5.33. The molecule has 11 aromatic carbocycles.